The predicted molar refractivity (Wildman–Crippen MR) is 66.6 cm³/mol. The van der Waals surface area contributed by atoms with Crippen molar-refractivity contribution in [2.75, 3.05) is 12.8 Å². The number of aromatic nitrogens is 2. The van der Waals surface area contributed by atoms with E-state index in [1.54, 1.807) is 7.11 Å². The molecular weight excluding hydrogens is 214 g/mol. The summed E-state index contributed by atoms with van der Waals surface area (Å²) in [6, 6.07) is 7.88. The first-order valence-electron chi connectivity index (χ1n) is 5.81. The first-order valence-corrected chi connectivity index (χ1v) is 5.81. The smallest absolute Gasteiger partial charge is 0.149 e. The van der Waals surface area contributed by atoms with Gasteiger partial charge in [0.05, 0.1) is 7.11 Å². The van der Waals surface area contributed by atoms with E-state index in [0.717, 1.165) is 30.7 Å². The molecule has 3 rings (SSSR count). The summed E-state index contributed by atoms with van der Waals surface area (Å²) < 4.78 is 7.29. The van der Waals surface area contributed by atoms with Gasteiger partial charge in [0, 0.05) is 11.3 Å². The Morgan fingerprint density at radius 1 is 1.29 bits per heavy atom. The summed E-state index contributed by atoms with van der Waals surface area (Å²) in [7, 11) is 1.67. The first-order chi connectivity index (χ1) is 8.31. The summed E-state index contributed by atoms with van der Waals surface area (Å²) >= 11 is 0. The Labute approximate surface area is 100 Å². The van der Waals surface area contributed by atoms with E-state index in [-0.39, 0.29) is 0 Å². The van der Waals surface area contributed by atoms with E-state index in [0.29, 0.717) is 5.82 Å². The number of methoxy groups -OCH3 is 1. The van der Waals surface area contributed by atoms with Gasteiger partial charge < -0.3 is 10.5 Å². The molecule has 0 fully saturated rings. The Morgan fingerprint density at radius 2 is 2.12 bits per heavy atom. The lowest BCUT2D eigenvalue weighted by molar-refractivity contribution is 0.411. The highest BCUT2D eigenvalue weighted by Crippen LogP contribution is 2.31. The summed E-state index contributed by atoms with van der Waals surface area (Å²) in [6.45, 7) is 0. The van der Waals surface area contributed by atoms with Crippen molar-refractivity contribution in [2.24, 2.45) is 0 Å². The number of hydrogen-bond donors (Lipinski definition) is 1. The van der Waals surface area contributed by atoms with Crippen LogP contribution in [0.25, 0.3) is 5.69 Å². The number of nitrogen functional groups attached to an aromatic ring is 1. The molecule has 0 radical (unpaired) electrons. The second-order valence-electron chi connectivity index (χ2n) is 4.25. The molecular formula is C13H15N3O. The number of anilines is 1. The van der Waals surface area contributed by atoms with Gasteiger partial charge in [0.2, 0.25) is 0 Å². The molecule has 0 bridgehead atoms. The first kappa shape index (κ1) is 10.2. The highest BCUT2D eigenvalue weighted by atomic mass is 16.5. The van der Waals surface area contributed by atoms with E-state index in [2.05, 4.69) is 5.10 Å². The van der Waals surface area contributed by atoms with Crippen molar-refractivity contribution < 1.29 is 4.74 Å². The van der Waals surface area contributed by atoms with Gasteiger partial charge in [0.15, 0.2) is 0 Å². The fourth-order valence-corrected chi connectivity index (χ4v) is 2.47. The zero-order chi connectivity index (χ0) is 11.8. The summed E-state index contributed by atoms with van der Waals surface area (Å²) in [6.07, 6.45) is 3.24. The van der Waals surface area contributed by atoms with Gasteiger partial charge in [-0.15, -0.1) is 0 Å². The van der Waals surface area contributed by atoms with Gasteiger partial charge in [-0.1, -0.05) is 12.1 Å². The molecule has 4 nitrogen and oxygen atoms in total. The third-order valence-corrected chi connectivity index (χ3v) is 3.27. The van der Waals surface area contributed by atoms with Crippen molar-refractivity contribution in [1.82, 2.24) is 9.78 Å². The number of fused-ring (bicyclic) bond motifs is 1. The van der Waals surface area contributed by atoms with E-state index >= 15 is 0 Å². The normalized spacial score (nSPS) is 13.7. The molecule has 0 spiro atoms. The van der Waals surface area contributed by atoms with E-state index < -0.39 is 0 Å². The number of benzene rings is 1. The van der Waals surface area contributed by atoms with Gasteiger partial charge in [-0.3, -0.25) is 0 Å². The Balaban J connectivity index is 2.19. The average Bonchev–Trinajstić information content (AvgIpc) is 2.94. The van der Waals surface area contributed by atoms with Crippen LogP contribution < -0.4 is 10.5 Å². The summed E-state index contributed by atoms with van der Waals surface area (Å²) in [5.41, 5.74) is 9.34. The van der Waals surface area contributed by atoms with Crippen LogP contribution in [0.4, 0.5) is 5.82 Å². The average molecular weight is 229 g/mol. The Kier molecular flexibility index (Phi) is 2.28. The lowest BCUT2D eigenvalue weighted by atomic mass is 10.2. The minimum Gasteiger partial charge on any atom is -0.494 e. The molecule has 1 heterocycles. The maximum absolute atomic E-state index is 5.95. The van der Waals surface area contributed by atoms with Crippen molar-refractivity contribution in [3.05, 3.63) is 35.5 Å². The molecule has 2 aromatic rings. The quantitative estimate of drug-likeness (QED) is 0.856. The highest BCUT2D eigenvalue weighted by molar-refractivity contribution is 5.53. The van der Waals surface area contributed by atoms with Crippen LogP contribution >= 0.6 is 0 Å². The van der Waals surface area contributed by atoms with Crippen LogP contribution in [0.5, 0.6) is 5.75 Å². The Morgan fingerprint density at radius 3 is 2.94 bits per heavy atom. The maximum atomic E-state index is 5.95. The highest BCUT2D eigenvalue weighted by Gasteiger charge is 2.22. The molecule has 0 saturated heterocycles. The van der Waals surface area contributed by atoms with Crippen LogP contribution in [0.3, 0.4) is 0 Å². The molecule has 4 heteroatoms. The molecule has 0 saturated carbocycles. The van der Waals surface area contributed by atoms with Crippen LogP contribution in [-0.2, 0) is 12.8 Å². The topological polar surface area (TPSA) is 53.1 Å². The van der Waals surface area contributed by atoms with E-state index in [1.807, 2.05) is 28.9 Å². The number of para-hydroxylation sites is 2. The number of hydrogen-bond acceptors (Lipinski definition) is 3. The Hall–Kier alpha value is -1.97. The number of nitrogens with zero attached hydrogens (tertiary/aromatic N) is 2. The van der Waals surface area contributed by atoms with Crippen LogP contribution in [0.1, 0.15) is 17.7 Å². The molecule has 2 N–H and O–H groups in total. The maximum Gasteiger partial charge on any atom is 0.149 e. The minimum absolute atomic E-state index is 0.656. The number of nitrogens with two attached hydrogens (primary N) is 1. The largest absolute Gasteiger partial charge is 0.494 e. The van der Waals surface area contributed by atoms with Crippen molar-refractivity contribution in [1.29, 1.82) is 0 Å². The van der Waals surface area contributed by atoms with Crippen LogP contribution in [0.15, 0.2) is 24.3 Å². The molecule has 0 amide bonds. The summed E-state index contributed by atoms with van der Waals surface area (Å²) in [5, 5.41) is 4.43. The van der Waals surface area contributed by atoms with E-state index in [1.165, 1.54) is 11.3 Å². The molecule has 1 aliphatic rings. The number of ether oxygens (including phenoxy) is 1. The number of rotatable bonds is 2. The molecule has 0 aliphatic heterocycles. The predicted octanol–water partition coefficient (Wildman–Crippen LogP) is 1.95. The van der Waals surface area contributed by atoms with E-state index in [9.17, 15) is 0 Å². The fourth-order valence-electron chi connectivity index (χ4n) is 2.47. The molecule has 0 unspecified atom stereocenters. The Bertz CT molecular complexity index is 560. The van der Waals surface area contributed by atoms with Crippen molar-refractivity contribution in [3.8, 4) is 11.4 Å². The summed E-state index contributed by atoms with van der Waals surface area (Å²) in [4.78, 5) is 0. The third kappa shape index (κ3) is 1.48. The van der Waals surface area contributed by atoms with Crippen LogP contribution in [0, 0.1) is 0 Å². The molecule has 0 atom stereocenters. The molecule has 1 aromatic carbocycles. The molecule has 17 heavy (non-hydrogen) atoms. The van der Waals surface area contributed by atoms with Crippen LogP contribution in [-0.4, -0.2) is 16.9 Å². The lowest BCUT2D eigenvalue weighted by Crippen LogP contribution is -2.03. The van der Waals surface area contributed by atoms with E-state index in [4.69, 9.17) is 10.5 Å². The SMILES string of the molecule is COc1ccccc1-n1nc(N)c2c1CCC2. The van der Waals surface area contributed by atoms with Gasteiger partial charge in [0.25, 0.3) is 0 Å². The minimum atomic E-state index is 0.656. The van der Waals surface area contributed by atoms with Crippen LogP contribution in [0.2, 0.25) is 0 Å². The second kappa shape index (κ2) is 3.80. The van der Waals surface area contributed by atoms with Crippen molar-refractivity contribution in [2.45, 2.75) is 19.3 Å². The summed E-state index contributed by atoms with van der Waals surface area (Å²) in [5.74, 6) is 1.48. The van der Waals surface area contributed by atoms with Crippen molar-refractivity contribution >= 4 is 5.82 Å². The van der Waals surface area contributed by atoms with Crippen molar-refractivity contribution in [3.63, 3.8) is 0 Å². The molecule has 1 aliphatic carbocycles. The zero-order valence-corrected chi connectivity index (χ0v) is 9.81. The zero-order valence-electron chi connectivity index (χ0n) is 9.81. The fraction of sp³-hybridized carbons (Fsp3) is 0.308. The monoisotopic (exact) mass is 229 g/mol. The lowest BCUT2D eigenvalue weighted by Gasteiger charge is -2.10. The van der Waals surface area contributed by atoms with Gasteiger partial charge >= 0.3 is 0 Å². The van der Waals surface area contributed by atoms with Gasteiger partial charge in [-0.2, -0.15) is 5.10 Å². The van der Waals surface area contributed by atoms with Gasteiger partial charge in [-0.25, -0.2) is 4.68 Å². The molecule has 88 valence electrons. The molecule has 1 aromatic heterocycles. The second-order valence-corrected chi connectivity index (χ2v) is 4.25. The standard InChI is InChI=1S/C13H15N3O/c1-17-12-8-3-2-6-11(12)16-10-7-4-5-9(10)13(14)15-16/h2-3,6,8H,4-5,7H2,1H3,(H2,14,15). The van der Waals surface area contributed by atoms with Gasteiger partial charge in [-0.05, 0) is 31.4 Å². The third-order valence-electron chi connectivity index (χ3n) is 3.27. The van der Waals surface area contributed by atoms with Gasteiger partial charge in [0.1, 0.15) is 17.3 Å².